The summed E-state index contributed by atoms with van der Waals surface area (Å²) in [6.45, 7) is 4.36. The average molecular weight is 219 g/mol. The number of nitrogens with zero attached hydrogens (tertiary/aromatic N) is 2. The van der Waals surface area contributed by atoms with Crippen molar-refractivity contribution in [3.05, 3.63) is 18.1 Å². The van der Waals surface area contributed by atoms with Gasteiger partial charge in [-0.3, -0.25) is 0 Å². The van der Waals surface area contributed by atoms with Crippen LogP contribution in [0.4, 0.5) is 5.82 Å². The summed E-state index contributed by atoms with van der Waals surface area (Å²) in [6, 6.07) is 2.62. The Morgan fingerprint density at radius 3 is 2.88 bits per heavy atom. The molecule has 3 nitrogen and oxygen atoms in total. The summed E-state index contributed by atoms with van der Waals surface area (Å²) in [7, 11) is 0. The highest BCUT2D eigenvalue weighted by Gasteiger charge is 2.16. The van der Waals surface area contributed by atoms with Gasteiger partial charge in [-0.1, -0.05) is 19.8 Å². The minimum atomic E-state index is 0.597. The van der Waals surface area contributed by atoms with Gasteiger partial charge >= 0.3 is 0 Å². The molecule has 0 saturated heterocycles. The van der Waals surface area contributed by atoms with Crippen molar-refractivity contribution in [2.75, 3.05) is 5.32 Å². The molecule has 2 rings (SSSR count). The van der Waals surface area contributed by atoms with Crippen molar-refractivity contribution in [2.45, 2.75) is 52.0 Å². The van der Waals surface area contributed by atoms with Crippen LogP contribution in [0.15, 0.2) is 12.4 Å². The molecule has 3 heteroatoms. The topological polar surface area (TPSA) is 37.8 Å². The Morgan fingerprint density at radius 1 is 1.19 bits per heavy atom. The molecule has 0 aromatic carbocycles. The number of aryl methyl sites for hydroxylation is 1. The van der Waals surface area contributed by atoms with E-state index in [1.165, 1.54) is 32.1 Å². The summed E-state index contributed by atoms with van der Waals surface area (Å²) in [5.41, 5.74) is 1.03. The van der Waals surface area contributed by atoms with Gasteiger partial charge in [0, 0.05) is 17.8 Å². The summed E-state index contributed by atoms with van der Waals surface area (Å²) in [5.74, 6) is 1.87. The molecule has 1 heterocycles. The second kappa shape index (κ2) is 5.28. The Labute approximate surface area is 97.7 Å². The van der Waals surface area contributed by atoms with Crippen molar-refractivity contribution in [1.82, 2.24) is 9.97 Å². The van der Waals surface area contributed by atoms with E-state index in [4.69, 9.17) is 0 Å². The Morgan fingerprint density at radius 2 is 2.06 bits per heavy atom. The lowest BCUT2D eigenvalue weighted by Gasteiger charge is -2.16. The number of rotatable bonds is 2. The summed E-state index contributed by atoms with van der Waals surface area (Å²) < 4.78 is 0. The van der Waals surface area contributed by atoms with Gasteiger partial charge in [-0.05, 0) is 32.1 Å². The molecular weight excluding hydrogens is 198 g/mol. The zero-order valence-electron chi connectivity index (χ0n) is 10.2. The third-order valence-electron chi connectivity index (χ3n) is 3.41. The highest BCUT2D eigenvalue weighted by molar-refractivity contribution is 5.35. The van der Waals surface area contributed by atoms with E-state index >= 15 is 0 Å². The molecule has 1 aromatic heterocycles. The van der Waals surface area contributed by atoms with E-state index in [0.717, 1.165) is 17.4 Å². The number of aromatic nitrogens is 2. The molecule has 1 aliphatic rings. The van der Waals surface area contributed by atoms with Gasteiger partial charge in [-0.15, -0.1) is 0 Å². The number of anilines is 1. The maximum atomic E-state index is 4.26. The molecule has 16 heavy (non-hydrogen) atoms. The van der Waals surface area contributed by atoms with Crippen LogP contribution in [-0.2, 0) is 0 Å². The molecule has 1 N–H and O–H groups in total. The molecule has 2 unspecified atom stereocenters. The summed E-state index contributed by atoms with van der Waals surface area (Å²) in [5, 5.41) is 3.53. The summed E-state index contributed by atoms with van der Waals surface area (Å²) in [4.78, 5) is 8.37. The highest BCUT2D eigenvalue weighted by atomic mass is 15.0. The zero-order valence-corrected chi connectivity index (χ0v) is 10.2. The maximum absolute atomic E-state index is 4.26. The number of nitrogens with one attached hydrogen (secondary N) is 1. The van der Waals surface area contributed by atoms with E-state index in [1.807, 2.05) is 13.0 Å². The lowest BCUT2D eigenvalue weighted by Crippen LogP contribution is -2.19. The van der Waals surface area contributed by atoms with Crippen molar-refractivity contribution >= 4 is 5.82 Å². The second-order valence-electron chi connectivity index (χ2n) is 5.00. The minimum absolute atomic E-state index is 0.597. The lowest BCUT2D eigenvalue weighted by atomic mass is 10.0. The Kier molecular flexibility index (Phi) is 3.75. The van der Waals surface area contributed by atoms with Gasteiger partial charge in [0.15, 0.2) is 0 Å². The Bertz CT molecular complexity index is 338. The van der Waals surface area contributed by atoms with Gasteiger partial charge in [-0.25, -0.2) is 9.97 Å². The van der Waals surface area contributed by atoms with Crippen LogP contribution in [0.25, 0.3) is 0 Å². The van der Waals surface area contributed by atoms with Gasteiger partial charge in [-0.2, -0.15) is 0 Å². The summed E-state index contributed by atoms with van der Waals surface area (Å²) in [6.07, 6.45) is 8.22. The van der Waals surface area contributed by atoms with E-state index in [-0.39, 0.29) is 0 Å². The van der Waals surface area contributed by atoms with Gasteiger partial charge < -0.3 is 5.32 Å². The fourth-order valence-electron chi connectivity index (χ4n) is 2.37. The first kappa shape index (κ1) is 11.4. The molecular formula is C13H21N3. The van der Waals surface area contributed by atoms with Gasteiger partial charge in [0.25, 0.3) is 0 Å². The monoisotopic (exact) mass is 219 g/mol. The first-order valence-electron chi connectivity index (χ1n) is 6.29. The molecule has 0 bridgehead atoms. The Hall–Kier alpha value is -1.12. The van der Waals surface area contributed by atoms with Crippen LogP contribution in [0.5, 0.6) is 0 Å². The molecule has 0 radical (unpaired) electrons. The van der Waals surface area contributed by atoms with E-state index in [0.29, 0.717) is 6.04 Å². The van der Waals surface area contributed by atoms with Crippen LogP contribution in [0.3, 0.4) is 0 Å². The normalized spacial score (nSPS) is 26.1. The minimum Gasteiger partial charge on any atom is -0.367 e. The zero-order chi connectivity index (χ0) is 11.4. The van der Waals surface area contributed by atoms with Crippen molar-refractivity contribution in [3.63, 3.8) is 0 Å². The Balaban J connectivity index is 1.93. The predicted octanol–water partition coefficient (Wildman–Crippen LogP) is 3.17. The largest absolute Gasteiger partial charge is 0.367 e. The number of hydrogen-bond donors (Lipinski definition) is 1. The molecule has 1 aliphatic carbocycles. The van der Waals surface area contributed by atoms with Gasteiger partial charge in [0.05, 0.1) is 0 Å². The second-order valence-corrected chi connectivity index (χ2v) is 5.00. The molecule has 0 aliphatic heterocycles. The van der Waals surface area contributed by atoms with Crippen LogP contribution < -0.4 is 5.32 Å². The fraction of sp³-hybridized carbons (Fsp3) is 0.692. The van der Waals surface area contributed by atoms with Crippen LogP contribution in [0.2, 0.25) is 0 Å². The van der Waals surface area contributed by atoms with E-state index in [1.54, 1.807) is 6.33 Å². The van der Waals surface area contributed by atoms with E-state index < -0.39 is 0 Å². The van der Waals surface area contributed by atoms with Crippen molar-refractivity contribution < 1.29 is 0 Å². The number of hydrogen-bond acceptors (Lipinski definition) is 3. The lowest BCUT2D eigenvalue weighted by molar-refractivity contribution is 0.502. The first-order chi connectivity index (χ1) is 7.74. The smallest absolute Gasteiger partial charge is 0.129 e. The van der Waals surface area contributed by atoms with E-state index in [9.17, 15) is 0 Å². The SMILES string of the molecule is Cc1cc(NC2CCCC(C)CC2)ncn1. The van der Waals surface area contributed by atoms with Crippen LogP contribution >= 0.6 is 0 Å². The van der Waals surface area contributed by atoms with Crippen molar-refractivity contribution in [2.24, 2.45) is 5.92 Å². The molecule has 2 atom stereocenters. The summed E-state index contributed by atoms with van der Waals surface area (Å²) >= 11 is 0. The van der Waals surface area contributed by atoms with Gasteiger partial charge in [0.2, 0.25) is 0 Å². The van der Waals surface area contributed by atoms with Crippen LogP contribution in [0, 0.1) is 12.8 Å². The van der Waals surface area contributed by atoms with Gasteiger partial charge in [0.1, 0.15) is 12.1 Å². The van der Waals surface area contributed by atoms with Crippen molar-refractivity contribution in [1.29, 1.82) is 0 Å². The van der Waals surface area contributed by atoms with E-state index in [2.05, 4.69) is 22.2 Å². The predicted molar refractivity (Wildman–Crippen MR) is 66.4 cm³/mol. The maximum Gasteiger partial charge on any atom is 0.129 e. The molecule has 1 fully saturated rings. The first-order valence-corrected chi connectivity index (χ1v) is 6.29. The fourth-order valence-corrected chi connectivity index (χ4v) is 2.37. The quantitative estimate of drug-likeness (QED) is 0.776. The third-order valence-corrected chi connectivity index (χ3v) is 3.41. The molecule has 1 saturated carbocycles. The highest BCUT2D eigenvalue weighted by Crippen LogP contribution is 2.24. The molecule has 0 amide bonds. The average Bonchev–Trinajstić information content (AvgIpc) is 2.44. The molecule has 0 spiro atoms. The standard InChI is InChI=1S/C13H21N3/c1-10-4-3-5-12(7-6-10)16-13-8-11(2)14-9-15-13/h8-10,12H,3-7H2,1-2H3,(H,14,15,16). The van der Waals surface area contributed by atoms with Crippen molar-refractivity contribution in [3.8, 4) is 0 Å². The molecule has 88 valence electrons. The third kappa shape index (κ3) is 3.19. The van der Waals surface area contributed by atoms with Crippen LogP contribution in [-0.4, -0.2) is 16.0 Å². The van der Waals surface area contributed by atoms with Crippen LogP contribution in [0.1, 0.15) is 44.7 Å². The molecule has 1 aromatic rings.